The average molecular weight is 347 g/mol. The van der Waals surface area contributed by atoms with E-state index >= 15 is 0 Å². The van der Waals surface area contributed by atoms with Gasteiger partial charge in [-0.15, -0.1) is 11.3 Å². The number of benzene rings is 1. The first-order valence-electron chi connectivity index (χ1n) is 7.10. The van der Waals surface area contributed by atoms with Crippen molar-refractivity contribution in [1.82, 2.24) is 4.72 Å². The molecule has 2 aromatic rings. The van der Waals surface area contributed by atoms with Crippen molar-refractivity contribution < 1.29 is 13.2 Å². The predicted octanol–water partition coefficient (Wildman–Crippen LogP) is 2.84. The van der Waals surface area contributed by atoms with Gasteiger partial charge in [0.15, 0.2) is 5.78 Å². The number of ketones is 1. The molecule has 0 aliphatic heterocycles. The van der Waals surface area contributed by atoms with E-state index in [9.17, 15) is 13.2 Å². The molecule has 4 nitrogen and oxygen atoms in total. The van der Waals surface area contributed by atoms with E-state index in [1.165, 1.54) is 18.3 Å². The lowest BCUT2D eigenvalue weighted by molar-refractivity contribution is 0.101. The topological polar surface area (TPSA) is 63.2 Å². The number of rotatable bonds is 5. The highest BCUT2D eigenvalue weighted by Crippen LogP contribution is 2.21. The summed E-state index contributed by atoms with van der Waals surface area (Å²) in [5.74, 6) is 5.64. The maximum atomic E-state index is 12.1. The number of aryl methyl sites for hydroxylation is 1. The monoisotopic (exact) mass is 347 g/mol. The molecule has 6 heteroatoms. The van der Waals surface area contributed by atoms with Crippen molar-refractivity contribution in [2.75, 3.05) is 6.54 Å². The Hall–Kier alpha value is -1.94. The molecule has 0 unspecified atom stereocenters. The highest BCUT2D eigenvalue weighted by atomic mass is 32.2. The van der Waals surface area contributed by atoms with Gasteiger partial charge in [-0.2, -0.15) is 4.72 Å². The summed E-state index contributed by atoms with van der Waals surface area (Å²) in [4.78, 5) is 12.2. The molecule has 0 aliphatic carbocycles. The largest absolute Gasteiger partial charge is 0.295 e. The Morgan fingerprint density at radius 2 is 1.87 bits per heavy atom. The molecule has 0 saturated heterocycles. The van der Waals surface area contributed by atoms with E-state index in [1.54, 1.807) is 30.3 Å². The first-order valence-corrected chi connectivity index (χ1v) is 9.40. The first kappa shape index (κ1) is 17.4. The molecule has 1 aromatic carbocycles. The van der Waals surface area contributed by atoms with Gasteiger partial charge >= 0.3 is 0 Å². The van der Waals surface area contributed by atoms with Crippen LogP contribution in [-0.4, -0.2) is 20.7 Å². The highest BCUT2D eigenvalue weighted by Gasteiger charge is 2.15. The van der Waals surface area contributed by atoms with Crippen LogP contribution in [0.15, 0.2) is 40.6 Å². The Balaban J connectivity index is 1.98. The number of hydrogen-bond donors (Lipinski definition) is 1. The molecule has 0 aliphatic rings. The van der Waals surface area contributed by atoms with Crippen LogP contribution < -0.4 is 4.72 Å². The summed E-state index contributed by atoms with van der Waals surface area (Å²) in [5.41, 5.74) is 1.36. The molecular formula is C17H17NO3S2. The SMILES string of the molecule is CCc1ccc(S(=O)(=O)NCC#Cc2ccc(C(C)=O)cc2)s1. The van der Waals surface area contributed by atoms with Crippen LogP contribution in [0.3, 0.4) is 0 Å². The quantitative estimate of drug-likeness (QED) is 0.668. The Bertz CT molecular complexity index is 853. The van der Waals surface area contributed by atoms with Crippen LogP contribution >= 0.6 is 11.3 Å². The van der Waals surface area contributed by atoms with Gasteiger partial charge in [-0.25, -0.2) is 8.42 Å². The Morgan fingerprint density at radius 1 is 1.17 bits per heavy atom. The lowest BCUT2D eigenvalue weighted by atomic mass is 10.1. The standard InChI is InChI=1S/C17H17NO3S2/c1-3-16-10-11-17(22-16)23(20,21)18-12-4-5-14-6-8-15(9-7-14)13(2)19/h6-11,18H,3,12H2,1-2H3. The molecule has 1 N–H and O–H groups in total. The van der Waals surface area contributed by atoms with Crippen molar-refractivity contribution >= 4 is 27.1 Å². The van der Waals surface area contributed by atoms with Crippen molar-refractivity contribution in [3.8, 4) is 11.8 Å². The summed E-state index contributed by atoms with van der Waals surface area (Å²) in [7, 11) is -3.50. The second-order valence-corrected chi connectivity index (χ2v) is 8.00. The lowest BCUT2D eigenvalue weighted by Crippen LogP contribution is -2.23. The summed E-state index contributed by atoms with van der Waals surface area (Å²) in [5, 5.41) is 0. The zero-order valence-electron chi connectivity index (χ0n) is 12.9. The van der Waals surface area contributed by atoms with E-state index in [-0.39, 0.29) is 12.3 Å². The van der Waals surface area contributed by atoms with E-state index in [0.717, 1.165) is 16.9 Å². The number of carbonyl (C=O) groups excluding carboxylic acids is 1. The van der Waals surface area contributed by atoms with E-state index in [2.05, 4.69) is 16.6 Å². The number of carbonyl (C=O) groups is 1. The Morgan fingerprint density at radius 3 is 2.43 bits per heavy atom. The van der Waals surface area contributed by atoms with Gasteiger partial charge in [-0.05, 0) is 37.6 Å². The number of hydrogen-bond acceptors (Lipinski definition) is 4. The van der Waals surface area contributed by atoms with Gasteiger partial charge in [0, 0.05) is 16.0 Å². The second kappa shape index (κ2) is 7.55. The Kier molecular flexibility index (Phi) is 5.72. The molecule has 0 bridgehead atoms. The summed E-state index contributed by atoms with van der Waals surface area (Å²) >= 11 is 1.27. The fourth-order valence-corrected chi connectivity index (χ4v) is 4.09. The smallest absolute Gasteiger partial charge is 0.250 e. The maximum absolute atomic E-state index is 12.1. The van der Waals surface area contributed by atoms with Gasteiger partial charge in [0.05, 0.1) is 6.54 Å². The zero-order chi connectivity index (χ0) is 16.9. The van der Waals surface area contributed by atoms with E-state index in [4.69, 9.17) is 0 Å². The van der Waals surface area contributed by atoms with Crippen LogP contribution in [0.1, 0.15) is 34.6 Å². The molecular weight excluding hydrogens is 330 g/mol. The highest BCUT2D eigenvalue weighted by molar-refractivity contribution is 7.91. The molecule has 1 aromatic heterocycles. The minimum absolute atomic E-state index is 0.000310. The molecule has 1 heterocycles. The molecule has 0 fully saturated rings. The number of nitrogens with one attached hydrogen (secondary N) is 1. The normalized spacial score (nSPS) is 10.9. The number of Topliss-reactive ketones (excluding diaryl/α,β-unsaturated/α-hetero) is 1. The third-order valence-corrected chi connectivity index (χ3v) is 6.25. The molecule has 0 amide bonds. The minimum atomic E-state index is -3.50. The minimum Gasteiger partial charge on any atom is -0.295 e. The Labute approximate surface area is 140 Å². The second-order valence-electron chi connectivity index (χ2n) is 4.83. The number of sulfonamides is 1. The van der Waals surface area contributed by atoms with Gasteiger partial charge in [0.25, 0.3) is 10.0 Å². The molecule has 2 rings (SSSR count). The van der Waals surface area contributed by atoms with Crippen LogP contribution in [0.25, 0.3) is 0 Å². The van der Waals surface area contributed by atoms with Crippen molar-refractivity contribution in [2.45, 2.75) is 24.5 Å². The van der Waals surface area contributed by atoms with Crippen LogP contribution in [0.2, 0.25) is 0 Å². The predicted molar refractivity (Wildman–Crippen MR) is 92.2 cm³/mol. The zero-order valence-corrected chi connectivity index (χ0v) is 14.6. The van der Waals surface area contributed by atoms with Gasteiger partial charge in [-0.3, -0.25) is 4.79 Å². The van der Waals surface area contributed by atoms with Crippen LogP contribution in [0.5, 0.6) is 0 Å². The van der Waals surface area contributed by atoms with Crippen LogP contribution in [0, 0.1) is 11.8 Å². The number of thiophene rings is 1. The molecule has 0 radical (unpaired) electrons. The molecule has 23 heavy (non-hydrogen) atoms. The third kappa shape index (κ3) is 4.76. The van der Waals surface area contributed by atoms with E-state index in [0.29, 0.717) is 9.77 Å². The summed E-state index contributed by atoms with van der Waals surface area (Å²) in [6, 6.07) is 10.3. The summed E-state index contributed by atoms with van der Waals surface area (Å²) in [6.45, 7) is 3.53. The van der Waals surface area contributed by atoms with Crippen molar-refractivity contribution in [3.63, 3.8) is 0 Å². The fraction of sp³-hybridized carbons (Fsp3) is 0.235. The third-order valence-electron chi connectivity index (χ3n) is 3.13. The average Bonchev–Trinajstić information content (AvgIpc) is 3.02. The van der Waals surface area contributed by atoms with Crippen LogP contribution in [-0.2, 0) is 16.4 Å². The van der Waals surface area contributed by atoms with Gasteiger partial charge in [0.1, 0.15) is 4.21 Å². The van der Waals surface area contributed by atoms with Gasteiger partial charge < -0.3 is 0 Å². The molecule has 0 saturated carbocycles. The fourth-order valence-electron chi connectivity index (χ4n) is 1.83. The lowest BCUT2D eigenvalue weighted by Gasteiger charge is -1.99. The van der Waals surface area contributed by atoms with Crippen molar-refractivity contribution in [3.05, 3.63) is 52.4 Å². The molecule has 0 atom stereocenters. The van der Waals surface area contributed by atoms with E-state index in [1.807, 2.05) is 13.0 Å². The van der Waals surface area contributed by atoms with Crippen LogP contribution in [0.4, 0.5) is 0 Å². The van der Waals surface area contributed by atoms with Gasteiger partial charge in [-0.1, -0.05) is 30.9 Å². The summed E-state index contributed by atoms with van der Waals surface area (Å²) < 4.78 is 26.9. The van der Waals surface area contributed by atoms with Gasteiger partial charge in [0.2, 0.25) is 0 Å². The molecule has 0 spiro atoms. The summed E-state index contributed by atoms with van der Waals surface area (Å²) in [6.07, 6.45) is 0.816. The first-order chi connectivity index (χ1) is 10.9. The maximum Gasteiger partial charge on any atom is 0.250 e. The van der Waals surface area contributed by atoms with E-state index < -0.39 is 10.0 Å². The van der Waals surface area contributed by atoms with Crippen molar-refractivity contribution in [2.24, 2.45) is 0 Å². The molecule has 120 valence electrons. The van der Waals surface area contributed by atoms with Crippen molar-refractivity contribution in [1.29, 1.82) is 0 Å².